The SMILES string of the molecule is CCOC(=O)/C(C)=C/c1ccc(F)s1. The van der Waals surface area contributed by atoms with Crippen molar-refractivity contribution in [2.45, 2.75) is 13.8 Å². The normalized spacial score (nSPS) is 11.5. The highest BCUT2D eigenvalue weighted by atomic mass is 32.1. The minimum Gasteiger partial charge on any atom is -0.463 e. The number of ether oxygens (including phenoxy) is 1. The summed E-state index contributed by atoms with van der Waals surface area (Å²) in [5.74, 6) is -0.360. The maximum atomic E-state index is 12.6. The third kappa shape index (κ3) is 2.96. The summed E-state index contributed by atoms with van der Waals surface area (Å²) < 4.78 is 17.4. The first kappa shape index (κ1) is 10.9. The van der Waals surface area contributed by atoms with E-state index in [1.807, 2.05) is 0 Å². The first-order valence-corrected chi connectivity index (χ1v) is 5.06. The van der Waals surface area contributed by atoms with Gasteiger partial charge in [-0.1, -0.05) is 0 Å². The van der Waals surface area contributed by atoms with Crippen LogP contribution in [0.2, 0.25) is 0 Å². The molecule has 0 aliphatic carbocycles. The molecule has 1 heterocycles. The van der Waals surface area contributed by atoms with Crippen LogP contribution in [0.3, 0.4) is 0 Å². The fourth-order valence-corrected chi connectivity index (χ4v) is 1.66. The van der Waals surface area contributed by atoms with Crippen molar-refractivity contribution in [2.24, 2.45) is 0 Å². The van der Waals surface area contributed by atoms with E-state index in [0.717, 1.165) is 11.3 Å². The Labute approximate surface area is 86.0 Å². The standard InChI is InChI=1S/C10H11FO2S/c1-3-13-10(12)7(2)6-8-4-5-9(11)14-8/h4-6H,3H2,1-2H3/b7-6+. The van der Waals surface area contributed by atoms with E-state index in [-0.39, 0.29) is 11.1 Å². The van der Waals surface area contributed by atoms with Crippen molar-refractivity contribution in [3.05, 3.63) is 27.7 Å². The van der Waals surface area contributed by atoms with Crippen molar-refractivity contribution in [3.63, 3.8) is 0 Å². The molecule has 14 heavy (non-hydrogen) atoms. The lowest BCUT2D eigenvalue weighted by Crippen LogP contribution is -2.04. The number of carbonyl (C=O) groups excluding carboxylic acids is 1. The molecule has 0 bridgehead atoms. The summed E-state index contributed by atoms with van der Waals surface area (Å²) in [4.78, 5) is 11.9. The van der Waals surface area contributed by atoms with Gasteiger partial charge in [0.1, 0.15) is 0 Å². The Morgan fingerprint density at radius 1 is 1.64 bits per heavy atom. The highest BCUT2D eigenvalue weighted by molar-refractivity contribution is 7.11. The van der Waals surface area contributed by atoms with Crippen molar-refractivity contribution in [1.29, 1.82) is 0 Å². The van der Waals surface area contributed by atoms with Gasteiger partial charge < -0.3 is 4.74 Å². The van der Waals surface area contributed by atoms with Gasteiger partial charge in [-0.3, -0.25) is 0 Å². The van der Waals surface area contributed by atoms with Crippen LogP contribution in [0.25, 0.3) is 6.08 Å². The molecule has 1 aromatic heterocycles. The molecule has 1 rings (SSSR count). The summed E-state index contributed by atoms with van der Waals surface area (Å²) in [5, 5.41) is -0.257. The molecule has 0 atom stereocenters. The first-order chi connectivity index (χ1) is 6.63. The molecule has 0 aromatic carbocycles. The molecule has 0 radical (unpaired) electrons. The Morgan fingerprint density at radius 2 is 2.36 bits per heavy atom. The number of rotatable bonds is 3. The van der Waals surface area contributed by atoms with Gasteiger partial charge in [-0.15, -0.1) is 11.3 Å². The molecular formula is C10H11FO2S. The second kappa shape index (κ2) is 4.91. The third-order valence-electron chi connectivity index (χ3n) is 1.55. The summed E-state index contributed by atoms with van der Waals surface area (Å²) >= 11 is 1.00. The molecule has 76 valence electrons. The number of hydrogen-bond donors (Lipinski definition) is 0. The van der Waals surface area contributed by atoms with E-state index in [1.165, 1.54) is 6.07 Å². The molecule has 0 saturated heterocycles. The fourth-order valence-electron chi connectivity index (χ4n) is 0.923. The summed E-state index contributed by atoms with van der Waals surface area (Å²) in [7, 11) is 0. The zero-order valence-electron chi connectivity index (χ0n) is 8.04. The summed E-state index contributed by atoms with van der Waals surface area (Å²) in [6, 6.07) is 3.00. The maximum Gasteiger partial charge on any atom is 0.333 e. The van der Waals surface area contributed by atoms with Crippen LogP contribution in [0, 0.1) is 5.13 Å². The van der Waals surface area contributed by atoms with Gasteiger partial charge in [0.25, 0.3) is 0 Å². The molecule has 0 amide bonds. The van der Waals surface area contributed by atoms with E-state index in [4.69, 9.17) is 4.74 Å². The van der Waals surface area contributed by atoms with E-state index < -0.39 is 0 Å². The molecular weight excluding hydrogens is 203 g/mol. The topological polar surface area (TPSA) is 26.3 Å². The molecule has 2 nitrogen and oxygen atoms in total. The highest BCUT2D eigenvalue weighted by Crippen LogP contribution is 2.17. The van der Waals surface area contributed by atoms with E-state index in [1.54, 1.807) is 26.0 Å². The van der Waals surface area contributed by atoms with Gasteiger partial charge >= 0.3 is 5.97 Å². The zero-order valence-corrected chi connectivity index (χ0v) is 8.86. The van der Waals surface area contributed by atoms with Gasteiger partial charge in [0.2, 0.25) is 0 Å². The summed E-state index contributed by atoms with van der Waals surface area (Å²) in [6.07, 6.45) is 1.62. The quantitative estimate of drug-likeness (QED) is 0.571. The number of hydrogen-bond acceptors (Lipinski definition) is 3. The van der Waals surface area contributed by atoms with Crippen molar-refractivity contribution in [3.8, 4) is 0 Å². The lowest BCUT2D eigenvalue weighted by Gasteiger charge is -1.99. The summed E-state index contributed by atoms with van der Waals surface area (Å²) in [6.45, 7) is 3.74. The van der Waals surface area contributed by atoms with Crippen molar-refractivity contribution in [2.75, 3.05) is 6.61 Å². The van der Waals surface area contributed by atoms with Crippen LogP contribution in [0.15, 0.2) is 17.7 Å². The van der Waals surface area contributed by atoms with E-state index in [0.29, 0.717) is 17.1 Å². The van der Waals surface area contributed by atoms with Crippen LogP contribution in [-0.4, -0.2) is 12.6 Å². The molecule has 0 saturated carbocycles. The Balaban J connectivity index is 2.73. The number of esters is 1. The number of carbonyl (C=O) groups is 1. The molecule has 0 N–H and O–H groups in total. The Bertz CT molecular complexity index is 355. The molecule has 1 aromatic rings. The molecule has 0 spiro atoms. The predicted octanol–water partition coefficient (Wildman–Crippen LogP) is 2.85. The smallest absolute Gasteiger partial charge is 0.333 e. The van der Waals surface area contributed by atoms with Gasteiger partial charge in [0.05, 0.1) is 6.61 Å². The second-order valence-corrected chi connectivity index (χ2v) is 3.76. The van der Waals surface area contributed by atoms with E-state index in [2.05, 4.69) is 0 Å². The molecule has 0 unspecified atom stereocenters. The lowest BCUT2D eigenvalue weighted by molar-refractivity contribution is -0.138. The third-order valence-corrected chi connectivity index (χ3v) is 2.37. The largest absolute Gasteiger partial charge is 0.463 e. The molecule has 0 aliphatic heterocycles. The minimum absolute atomic E-state index is 0.257. The number of halogens is 1. The van der Waals surface area contributed by atoms with Crippen molar-refractivity contribution >= 4 is 23.4 Å². The van der Waals surface area contributed by atoms with Crippen LogP contribution in [0.1, 0.15) is 18.7 Å². The van der Waals surface area contributed by atoms with Gasteiger partial charge in [-0.25, -0.2) is 4.79 Å². The average molecular weight is 214 g/mol. The number of thiophene rings is 1. The first-order valence-electron chi connectivity index (χ1n) is 4.24. The highest BCUT2D eigenvalue weighted by Gasteiger charge is 2.05. The maximum absolute atomic E-state index is 12.6. The Hall–Kier alpha value is -1.16. The molecule has 0 aliphatic rings. The van der Waals surface area contributed by atoms with Crippen molar-refractivity contribution < 1.29 is 13.9 Å². The minimum atomic E-state index is -0.360. The monoisotopic (exact) mass is 214 g/mol. The van der Waals surface area contributed by atoms with Crippen LogP contribution in [0.4, 0.5) is 4.39 Å². The molecule has 0 fully saturated rings. The van der Waals surface area contributed by atoms with Crippen LogP contribution in [-0.2, 0) is 9.53 Å². The molecule has 4 heteroatoms. The Kier molecular flexibility index (Phi) is 3.83. The zero-order chi connectivity index (χ0) is 10.6. The van der Waals surface area contributed by atoms with E-state index in [9.17, 15) is 9.18 Å². The van der Waals surface area contributed by atoms with Gasteiger partial charge in [-0.05, 0) is 32.1 Å². The lowest BCUT2D eigenvalue weighted by atomic mass is 10.2. The van der Waals surface area contributed by atoms with Crippen molar-refractivity contribution in [1.82, 2.24) is 0 Å². The second-order valence-electron chi connectivity index (χ2n) is 2.69. The van der Waals surface area contributed by atoms with Gasteiger partial charge in [0, 0.05) is 10.5 Å². The average Bonchev–Trinajstić information content (AvgIpc) is 2.51. The van der Waals surface area contributed by atoms with E-state index >= 15 is 0 Å². The van der Waals surface area contributed by atoms with Crippen LogP contribution in [0.5, 0.6) is 0 Å². The van der Waals surface area contributed by atoms with Gasteiger partial charge in [-0.2, -0.15) is 4.39 Å². The predicted molar refractivity (Wildman–Crippen MR) is 54.6 cm³/mol. The van der Waals surface area contributed by atoms with Crippen LogP contribution < -0.4 is 0 Å². The summed E-state index contributed by atoms with van der Waals surface area (Å²) in [5.41, 5.74) is 0.480. The van der Waals surface area contributed by atoms with Gasteiger partial charge in [0.15, 0.2) is 5.13 Å². The fraction of sp³-hybridized carbons (Fsp3) is 0.300. The van der Waals surface area contributed by atoms with Crippen LogP contribution >= 0.6 is 11.3 Å². The Morgan fingerprint density at radius 3 is 2.86 bits per heavy atom.